The Kier molecular flexibility index (Phi) is 11.8. The quantitative estimate of drug-likeness (QED) is 0.245. The molecule has 0 aliphatic heterocycles. The van der Waals surface area contributed by atoms with E-state index < -0.39 is 6.04 Å². The van der Waals surface area contributed by atoms with E-state index in [1.54, 1.807) is 24.1 Å². The summed E-state index contributed by atoms with van der Waals surface area (Å²) in [5.41, 5.74) is 2.88. The molecule has 0 spiro atoms. The van der Waals surface area contributed by atoms with Crippen molar-refractivity contribution in [2.45, 2.75) is 51.1 Å². The van der Waals surface area contributed by atoms with Crippen LogP contribution in [0.2, 0.25) is 10.0 Å². The van der Waals surface area contributed by atoms with E-state index in [4.69, 9.17) is 27.9 Å². The number of hydrogen-bond donors (Lipinski definition) is 1. The number of ether oxygens (including phenoxy) is 1. The van der Waals surface area contributed by atoms with E-state index in [0.717, 1.165) is 28.9 Å². The van der Waals surface area contributed by atoms with Gasteiger partial charge in [0.15, 0.2) is 0 Å². The van der Waals surface area contributed by atoms with Gasteiger partial charge >= 0.3 is 0 Å². The first-order valence-corrected chi connectivity index (χ1v) is 14.5. The highest BCUT2D eigenvalue weighted by Gasteiger charge is 2.31. The third-order valence-corrected chi connectivity index (χ3v) is 7.99. The van der Waals surface area contributed by atoms with Gasteiger partial charge in [-0.15, -0.1) is 11.8 Å². The monoisotopic (exact) mass is 572 g/mol. The highest BCUT2D eigenvalue weighted by atomic mass is 35.5. The summed E-state index contributed by atoms with van der Waals surface area (Å²) in [5.74, 6) is 1.40. The first-order chi connectivity index (χ1) is 18.3. The van der Waals surface area contributed by atoms with Gasteiger partial charge in [-0.25, -0.2) is 0 Å². The molecule has 0 unspecified atom stereocenters. The predicted molar refractivity (Wildman–Crippen MR) is 158 cm³/mol. The summed E-state index contributed by atoms with van der Waals surface area (Å²) in [6.45, 7) is 4.23. The molecule has 1 N–H and O–H groups in total. The molecular formula is C30H34Cl2N2O3S. The molecule has 0 aromatic heterocycles. The van der Waals surface area contributed by atoms with Crippen LogP contribution in [0.25, 0.3) is 0 Å². The van der Waals surface area contributed by atoms with Gasteiger partial charge in [0.25, 0.3) is 0 Å². The maximum absolute atomic E-state index is 13.7. The van der Waals surface area contributed by atoms with Crippen molar-refractivity contribution in [2.24, 2.45) is 0 Å². The molecular weight excluding hydrogens is 539 g/mol. The van der Waals surface area contributed by atoms with E-state index >= 15 is 0 Å². The summed E-state index contributed by atoms with van der Waals surface area (Å²) in [5, 5.41) is 3.94. The maximum Gasteiger partial charge on any atom is 0.243 e. The van der Waals surface area contributed by atoms with Crippen molar-refractivity contribution in [3.63, 3.8) is 0 Å². The number of hydrogen-bond acceptors (Lipinski definition) is 4. The maximum atomic E-state index is 13.7. The number of carbonyl (C=O) groups is 2. The first-order valence-electron chi connectivity index (χ1n) is 12.6. The van der Waals surface area contributed by atoms with E-state index in [9.17, 15) is 9.59 Å². The van der Waals surface area contributed by atoms with Crippen LogP contribution >= 0.6 is 35.0 Å². The number of benzene rings is 3. The number of nitrogens with one attached hydrogen (secondary N) is 1. The molecule has 38 heavy (non-hydrogen) atoms. The molecule has 0 radical (unpaired) electrons. The molecule has 0 saturated carbocycles. The molecule has 0 aliphatic carbocycles. The Labute approximate surface area is 239 Å². The Morgan fingerprint density at radius 2 is 1.63 bits per heavy atom. The second-order valence-electron chi connectivity index (χ2n) is 9.13. The van der Waals surface area contributed by atoms with Crippen LogP contribution in [0.1, 0.15) is 37.0 Å². The van der Waals surface area contributed by atoms with E-state index in [2.05, 4.69) is 5.32 Å². The van der Waals surface area contributed by atoms with Crippen LogP contribution < -0.4 is 10.1 Å². The number of methoxy groups -OCH3 is 1. The number of thioether (sulfide) groups is 1. The molecule has 3 rings (SSSR count). The zero-order valence-corrected chi connectivity index (χ0v) is 24.3. The molecule has 2 amide bonds. The van der Waals surface area contributed by atoms with Crippen LogP contribution in [-0.2, 0) is 28.3 Å². The van der Waals surface area contributed by atoms with Crippen molar-refractivity contribution >= 4 is 46.8 Å². The highest BCUT2D eigenvalue weighted by Crippen LogP contribution is 2.25. The van der Waals surface area contributed by atoms with Crippen molar-refractivity contribution in [3.8, 4) is 5.75 Å². The minimum atomic E-state index is -0.685. The molecule has 2 atom stereocenters. The lowest BCUT2D eigenvalue weighted by Gasteiger charge is -2.32. The zero-order valence-electron chi connectivity index (χ0n) is 22.0. The van der Waals surface area contributed by atoms with E-state index in [-0.39, 0.29) is 30.2 Å². The van der Waals surface area contributed by atoms with Crippen LogP contribution in [0, 0.1) is 0 Å². The van der Waals surface area contributed by atoms with Gasteiger partial charge in [0.2, 0.25) is 11.8 Å². The lowest BCUT2D eigenvalue weighted by molar-refractivity contribution is -0.139. The molecule has 0 fully saturated rings. The lowest BCUT2D eigenvalue weighted by atomic mass is 10.0. The third kappa shape index (κ3) is 8.97. The van der Waals surface area contributed by atoms with Crippen LogP contribution in [0.3, 0.4) is 0 Å². The molecule has 0 aliphatic rings. The summed E-state index contributed by atoms with van der Waals surface area (Å²) in [4.78, 5) is 29.0. The van der Waals surface area contributed by atoms with Gasteiger partial charge in [0, 0.05) is 24.8 Å². The Balaban J connectivity index is 1.85. The summed E-state index contributed by atoms with van der Waals surface area (Å²) < 4.78 is 5.23. The summed E-state index contributed by atoms with van der Waals surface area (Å²) in [7, 11) is 1.63. The summed E-state index contributed by atoms with van der Waals surface area (Å²) >= 11 is 13.9. The molecule has 5 nitrogen and oxygen atoms in total. The fraction of sp³-hybridized carbons (Fsp3) is 0.333. The number of nitrogens with zero attached hydrogens (tertiary/aromatic N) is 1. The fourth-order valence-corrected chi connectivity index (χ4v) is 5.08. The van der Waals surface area contributed by atoms with Crippen molar-refractivity contribution < 1.29 is 14.3 Å². The molecule has 202 valence electrons. The fourth-order valence-electron chi connectivity index (χ4n) is 3.89. The van der Waals surface area contributed by atoms with E-state index in [1.807, 2.05) is 74.5 Å². The standard InChI is InChI=1S/C30H34Cl2N2O3S/c1-4-21(2)33-30(36)28(17-22-8-6-5-7-9-22)34(18-24-12-15-26(31)27(32)16-24)29(35)20-38-19-23-10-13-25(37-3)14-11-23/h5-16,21,28H,4,17-20H2,1-3H3,(H,33,36)/t21-,28-/m0/s1. The number of carbonyl (C=O) groups excluding carboxylic acids is 2. The molecule has 0 heterocycles. The molecule has 0 saturated heterocycles. The average molecular weight is 574 g/mol. The van der Waals surface area contributed by atoms with Crippen molar-refractivity contribution in [2.75, 3.05) is 12.9 Å². The zero-order chi connectivity index (χ0) is 27.5. The van der Waals surface area contributed by atoms with Crippen LogP contribution in [0.4, 0.5) is 0 Å². The summed E-state index contributed by atoms with van der Waals surface area (Å²) in [6.07, 6.45) is 1.20. The summed E-state index contributed by atoms with van der Waals surface area (Å²) in [6, 6.07) is 22.2. The smallest absolute Gasteiger partial charge is 0.243 e. The first kappa shape index (κ1) is 29.9. The molecule has 0 bridgehead atoms. The van der Waals surface area contributed by atoms with Crippen LogP contribution in [0.15, 0.2) is 72.8 Å². The second-order valence-corrected chi connectivity index (χ2v) is 10.9. The van der Waals surface area contributed by atoms with E-state index in [1.165, 1.54) is 11.8 Å². The molecule has 3 aromatic carbocycles. The average Bonchev–Trinajstić information content (AvgIpc) is 2.93. The number of amides is 2. The minimum Gasteiger partial charge on any atom is -0.497 e. The topological polar surface area (TPSA) is 58.6 Å². The minimum absolute atomic E-state index is 0.00727. The Bertz CT molecular complexity index is 1190. The third-order valence-electron chi connectivity index (χ3n) is 6.26. The van der Waals surface area contributed by atoms with Crippen molar-refractivity contribution in [1.82, 2.24) is 10.2 Å². The number of halogens is 2. The van der Waals surface area contributed by atoms with Gasteiger partial charge in [-0.05, 0) is 54.3 Å². The molecule has 3 aromatic rings. The molecule has 8 heteroatoms. The van der Waals surface area contributed by atoms with E-state index in [0.29, 0.717) is 22.2 Å². The predicted octanol–water partition coefficient (Wildman–Crippen LogP) is 6.79. The highest BCUT2D eigenvalue weighted by molar-refractivity contribution is 7.99. The lowest BCUT2D eigenvalue weighted by Crippen LogP contribution is -2.52. The van der Waals surface area contributed by atoms with Gasteiger partial charge in [-0.3, -0.25) is 9.59 Å². The normalized spacial score (nSPS) is 12.4. The number of rotatable bonds is 13. The Morgan fingerprint density at radius 3 is 2.26 bits per heavy atom. The van der Waals surface area contributed by atoms with Crippen LogP contribution in [0.5, 0.6) is 5.75 Å². The van der Waals surface area contributed by atoms with Crippen LogP contribution in [-0.4, -0.2) is 41.7 Å². The van der Waals surface area contributed by atoms with Gasteiger partial charge in [0.05, 0.1) is 22.9 Å². The van der Waals surface area contributed by atoms with Crippen molar-refractivity contribution in [3.05, 3.63) is 99.5 Å². The van der Waals surface area contributed by atoms with Crippen molar-refractivity contribution in [1.29, 1.82) is 0 Å². The largest absolute Gasteiger partial charge is 0.497 e. The SMILES string of the molecule is CC[C@H](C)NC(=O)[C@H](Cc1ccccc1)N(Cc1ccc(Cl)c(Cl)c1)C(=O)CSCc1ccc(OC)cc1. The van der Waals surface area contributed by atoms with Gasteiger partial charge in [-0.1, -0.05) is 78.7 Å². The van der Waals surface area contributed by atoms with Gasteiger partial charge in [-0.2, -0.15) is 0 Å². The Hall–Kier alpha value is -2.67. The van der Waals surface area contributed by atoms with Gasteiger partial charge in [0.1, 0.15) is 11.8 Å². The Morgan fingerprint density at radius 1 is 0.947 bits per heavy atom. The second kappa shape index (κ2) is 15.1. The van der Waals surface area contributed by atoms with Gasteiger partial charge < -0.3 is 15.0 Å².